The van der Waals surface area contributed by atoms with Crippen LogP contribution in [0.1, 0.15) is 12.8 Å². The average Bonchev–Trinajstić information content (AvgIpc) is 3.73. The number of rotatable bonds is 6. The minimum absolute atomic E-state index is 0.176. The van der Waals surface area contributed by atoms with Crippen LogP contribution in [0.4, 0.5) is 5.82 Å². The molecule has 1 fully saturated rings. The van der Waals surface area contributed by atoms with E-state index < -0.39 is 0 Å². The number of nitrogen functional groups attached to an aromatic ring is 1. The summed E-state index contributed by atoms with van der Waals surface area (Å²) in [5, 5.41) is 2.13. The molecule has 3 aromatic heterocycles. The molecule has 3 heterocycles. The summed E-state index contributed by atoms with van der Waals surface area (Å²) >= 11 is -0.176. The number of anilines is 1. The minimum atomic E-state index is -0.176. The van der Waals surface area contributed by atoms with Crippen LogP contribution in [0.15, 0.2) is 85.3 Å². The first-order chi connectivity index (χ1) is 16.8. The van der Waals surface area contributed by atoms with Gasteiger partial charge in [0.15, 0.2) is 0 Å². The van der Waals surface area contributed by atoms with E-state index in [4.69, 9.17) is 15.7 Å². The fourth-order valence-corrected chi connectivity index (χ4v) is 6.97. The quantitative estimate of drug-likeness (QED) is 0.333. The molecule has 0 amide bonds. The third-order valence-corrected chi connectivity index (χ3v) is 9.26. The predicted molar refractivity (Wildman–Crippen MR) is 140 cm³/mol. The van der Waals surface area contributed by atoms with Crippen LogP contribution in [0.2, 0.25) is 5.21 Å². The van der Waals surface area contributed by atoms with E-state index >= 15 is 0 Å². The van der Waals surface area contributed by atoms with Gasteiger partial charge >= 0.3 is 206 Å². The first-order valence-corrected chi connectivity index (χ1v) is 14.1. The van der Waals surface area contributed by atoms with Gasteiger partial charge in [-0.3, -0.25) is 0 Å². The fourth-order valence-electron chi connectivity index (χ4n) is 4.32. The molecule has 6 heteroatoms. The topological polar surface area (TPSA) is 77.6 Å². The zero-order chi connectivity index (χ0) is 22.9. The van der Waals surface area contributed by atoms with Crippen LogP contribution in [0.25, 0.3) is 44.5 Å². The van der Waals surface area contributed by atoms with Crippen molar-refractivity contribution in [2.24, 2.45) is 5.92 Å². The van der Waals surface area contributed by atoms with Crippen LogP contribution >= 0.6 is 0 Å². The molecule has 5 nitrogen and oxygen atoms in total. The average molecular weight is 505 g/mol. The molecule has 2 aromatic carbocycles. The molecule has 1 aliphatic rings. The maximum atomic E-state index is 6.41. The van der Waals surface area contributed by atoms with Gasteiger partial charge in [0, 0.05) is 0 Å². The van der Waals surface area contributed by atoms with E-state index in [1.165, 1.54) is 28.9 Å². The van der Waals surface area contributed by atoms with Crippen LogP contribution in [-0.2, 0) is 0 Å². The third-order valence-electron chi connectivity index (χ3n) is 6.24. The number of nitrogens with zero attached hydrogens (tertiary/aromatic N) is 4. The second-order valence-electron chi connectivity index (χ2n) is 8.66. The Labute approximate surface area is 205 Å². The second-order valence-corrected chi connectivity index (χ2v) is 11.3. The standard InChI is InChI=1S/C28H24AsN5/c30-27-25-23(19-7-3-1-4-8-19)24(20-9-5-2-6-10-20)26(34-28(25)33-17-32-27)21-13-14-22(31-16-21)29-15-18-11-12-18/h1-10,13-14,16-18,29H,11-12,15H2,(H2,30,32,33,34). The van der Waals surface area contributed by atoms with E-state index in [1.54, 1.807) is 0 Å². The summed E-state index contributed by atoms with van der Waals surface area (Å²) in [6, 6.07) is 25.0. The number of aromatic nitrogens is 4. The molecule has 1 atom stereocenters. The summed E-state index contributed by atoms with van der Waals surface area (Å²) in [4.78, 5) is 18.7. The monoisotopic (exact) mass is 505 g/mol. The van der Waals surface area contributed by atoms with Gasteiger partial charge < -0.3 is 0 Å². The van der Waals surface area contributed by atoms with Gasteiger partial charge in [-0.1, -0.05) is 0 Å². The van der Waals surface area contributed by atoms with Crippen molar-refractivity contribution < 1.29 is 0 Å². The van der Waals surface area contributed by atoms with Crippen LogP contribution in [-0.4, -0.2) is 35.7 Å². The van der Waals surface area contributed by atoms with Crippen LogP contribution in [0, 0.1) is 5.92 Å². The van der Waals surface area contributed by atoms with Crippen molar-refractivity contribution in [1.82, 2.24) is 19.9 Å². The Morgan fingerprint density at radius 1 is 0.765 bits per heavy atom. The first kappa shape index (κ1) is 21.0. The van der Waals surface area contributed by atoms with Gasteiger partial charge in [0.25, 0.3) is 0 Å². The van der Waals surface area contributed by atoms with Gasteiger partial charge in [-0.25, -0.2) is 0 Å². The van der Waals surface area contributed by atoms with Gasteiger partial charge in [0.05, 0.1) is 0 Å². The summed E-state index contributed by atoms with van der Waals surface area (Å²) in [6.07, 6.45) is 6.26. The molecule has 0 aliphatic heterocycles. The zero-order valence-electron chi connectivity index (χ0n) is 18.6. The summed E-state index contributed by atoms with van der Waals surface area (Å²) in [7, 11) is 0. The number of hydrogen-bond acceptors (Lipinski definition) is 5. The van der Waals surface area contributed by atoms with Gasteiger partial charge in [0.1, 0.15) is 0 Å². The summed E-state index contributed by atoms with van der Waals surface area (Å²) < 4.78 is 1.26. The summed E-state index contributed by atoms with van der Waals surface area (Å²) in [5.74, 6) is 1.38. The number of hydrogen-bond donors (Lipinski definition) is 1. The molecule has 0 spiro atoms. The van der Waals surface area contributed by atoms with Gasteiger partial charge in [-0.2, -0.15) is 0 Å². The molecule has 1 saturated carbocycles. The Morgan fingerprint density at radius 2 is 1.47 bits per heavy atom. The molecule has 1 unspecified atom stereocenters. The van der Waals surface area contributed by atoms with E-state index in [0.717, 1.165) is 44.8 Å². The second kappa shape index (κ2) is 9.00. The Bertz CT molecular complexity index is 1450. The van der Waals surface area contributed by atoms with E-state index in [9.17, 15) is 0 Å². The number of benzene rings is 2. The third kappa shape index (κ3) is 4.08. The van der Waals surface area contributed by atoms with E-state index in [-0.39, 0.29) is 15.8 Å². The van der Waals surface area contributed by atoms with Crippen molar-refractivity contribution in [2.45, 2.75) is 18.1 Å². The van der Waals surface area contributed by atoms with Crippen LogP contribution in [0.3, 0.4) is 0 Å². The van der Waals surface area contributed by atoms with E-state index in [1.807, 2.05) is 42.6 Å². The van der Waals surface area contributed by atoms with Crippen molar-refractivity contribution in [1.29, 1.82) is 0 Å². The SMILES string of the molecule is Nc1ncnc2nc(-c3ccc([AsH]CC4CC4)nc3)c(-c3ccccc3)c(-c3ccccc3)c12. The van der Waals surface area contributed by atoms with E-state index in [0.29, 0.717) is 11.5 Å². The molecule has 166 valence electrons. The maximum absolute atomic E-state index is 6.41. The molecule has 0 bridgehead atoms. The van der Waals surface area contributed by atoms with Crippen molar-refractivity contribution in [3.05, 3.63) is 85.3 Å². The molecular formula is C28H24AsN5. The number of nitrogens with two attached hydrogens (primary N) is 1. The molecule has 34 heavy (non-hydrogen) atoms. The zero-order valence-corrected chi connectivity index (χ0v) is 20.7. The van der Waals surface area contributed by atoms with Crippen molar-refractivity contribution in [2.75, 3.05) is 5.73 Å². The van der Waals surface area contributed by atoms with Gasteiger partial charge in [-0.05, 0) is 0 Å². The van der Waals surface area contributed by atoms with Crippen molar-refractivity contribution in [3.63, 3.8) is 0 Å². The Balaban J connectivity index is 1.61. The van der Waals surface area contributed by atoms with Crippen molar-refractivity contribution >= 4 is 37.1 Å². The molecule has 1 aliphatic carbocycles. The molecule has 6 rings (SSSR count). The molecule has 2 N–H and O–H groups in total. The van der Waals surface area contributed by atoms with Gasteiger partial charge in [-0.15, -0.1) is 0 Å². The summed E-state index contributed by atoms with van der Waals surface area (Å²) in [5.41, 5.74) is 13.0. The fraction of sp³-hybridized carbons (Fsp3) is 0.143. The molecule has 5 aromatic rings. The van der Waals surface area contributed by atoms with Gasteiger partial charge in [0.2, 0.25) is 0 Å². The normalized spacial score (nSPS) is 13.6. The molecular weight excluding hydrogens is 481 g/mol. The van der Waals surface area contributed by atoms with Crippen molar-refractivity contribution in [3.8, 4) is 33.5 Å². The van der Waals surface area contributed by atoms with Crippen LogP contribution in [0.5, 0.6) is 0 Å². The number of fused-ring (bicyclic) bond motifs is 1. The Hall–Kier alpha value is -3.56. The van der Waals surface area contributed by atoms with Crippen LogP contribution < -0.4 is 10.2 Å². The first-order valence-electron chi connectivity index (χ1n) is 11.5. The Kier molecular flexibility index (Phi) is 5.56. The Morgan fingerprint density at radius 3 is 2.12 bits per heavy atom. The predicted octanol–water partition coefficient (Wildman–Crippen LogP) is 4.89. The molecule has 0 saturated heterocycles. The van der Waals surface area contributed by atoms with E-state index in [2.05, 4.69) is 46.4 Å². The summed E-state index contributed by atoms with van der Waals surface area (Å²) in [6.45, 7) is 0. The number of pyridine rings is 2. The molecule has 0 radical (unpaired) electrons.